The molecule has 0 aliphatic carbocycles. The van der Waals surface area contributed by atoms with Crippen LogP contribution in [0, 0.1) is 6.92 Å². The average Bonchev–Trinajstić information content (AvgIpc) is 2.42. The van der Waals surface area contributed by atoms with Crippen molar-refractivity contribution in [1.82, 2.24) is 9.78 Å². The van der Waals surface area contributed by atoms with Gasteiger partial charge in [0.05, 0.1) is 15.9 Å². The summed E-state index contributed by atoms with van der Waals surface area (Å²) in [6.07, 6.45) is 0. The minimum absolute atomic E-state index is 0.0791. The summed E-state index contributed by atoms with van der Waals surface area (Å²) in [4.78, 5) is 10.8. The lowest BCUT2D eigenvalue weighted by molar-refractivity contribution is -0.138. The van der Waals surface area contributed by atoms with Gasteiger partial charge in [-0.3, -0.25) is 9.48 Å². The van der Waals surface area contributed by atoms with Crippen molar-refractivity contribution in [3.05, 3.63) is 15.9 Å². The number of halogens is 1. The molecule has 84 valence electrons. The van der Waals surface area contributed by atoms with Crippen LogP contribution in [0.1, 0.15) is 37.3 Å². The van der Waals surface area contributed by atoms with Crippen LogP contribution < -0.4 is 5.73 Å². The van der Waals surface area contributed by atoms with Crippen LogP contribution in [0.15, 0.2) is 4.47 Å². The van der Waals surface area contributed by atoms with Crippen molar-refractivity contribution in [2.75, 3.05) is 0 Å². The Balaban J connectivity index is 3.31. The molecule has 1 aromatic heterocycles. The number of aliphatic carboxylic acids is 1. The van der Waals surface area contributed by atoms with Crippen LogP contribution in [0.3, 0.4) is 0 Å². The summed E-state index contributed by atoms with van der Waals surface area (Å²) in [6, 6.07) is -0.974. The number of carbonyl (C=O) groups is 1. The van der Waals surface area contributed by atoms with Gasteiger partial charge >= 0.3 is 5.97 Å². The second kappa shape index (κ2) is 4.32. The van der Waals surface area contributed by atoms with Crippen molar-refractivity contribution in [3.8, 4) is 0 Å². The third kappa shape index (κ3) is 2.21. The quantitative estimate of drug-likeness (QED) is 0.879. The maximum Gasteiger partial charge on any atom is 0.326 e. The largest absolute Gasteiger partial charge is 0.480 e. The molecule has 1 atom stereocenters. The Bertz CT molecular complexity index is 387. The molecule has 15 heavy (non-hydrogen) atoms. The molecule has 0 radical (unpaired) electrons. The number of nitrogens with zero attached hydrogens (tertiary/aromatic N) is 2. The molecule has 0 spiro atoms. The van der Waals surface area contributed by atoms with E-state index < -0.39 is 12.0 Å². The Morgan fingerprint density at radius 3 is 2.53 bits per heavy atom. The van der Waals surface area contributed by atoms with Crippen LogP contribution in [0.25, 0.3) is 0 Å². The zero-order valence-electron chi connectivity index (χ0n) is 8.86. The number of carboxylic acid groups (broad SMARTS) is 1. The predicted octanol–water partition coefficient (Wildman–Crippen LogP) is 1.62. The van der Waals surface area contributed by atoms with Gasteiger partial charge in [0, 0.05) is 6.04 Å². The number of aromatic nitrogens is 2. The van der Waals surface area contributed by atoms with E-state index in [0.29, 0.717) is 10.2 Å². The zero-order chi connectivity index (χ0) is 11.7. The molecule has 0 saturated carbocycles. The van der Waals surface area contributed by atoms with Gasteiger partial charge in [-0.15, -0.1) is 0 Å². The first-order valence-electron chi connectivity index (χ1n) is 4.59. The maximum absolute atomic E-state index is 10.8. The number of carboxylic acids is 1. The lowest BCUT2D eigenvalue weighted by Crippen LogP contribution is -2.25. The van der Waals surface area contributed by atoms with Crippen molar-refractivity contribution in [2.45, 2.75) is 32.9 Å². The summed E-state index contributed by atoms with van der Waals surface area (Å²) in [5, 5.41) is 13.1. The summed E-state index contributed by atoms with van der Waals surface area (Å²) < 4.78 is 2.31. The monoisotopic (exact) mass is 275 g/mol. The number of aryl methyl sites for hydroxylation is 1. The molecule has 0 bridgehead atoms. The van der Waals surface area contributed by atoms with Crippen LogP contribution in [0.2, 0.25) is 0 Å². The lowest BCUT2D eigenvalue weighted by atomic mass is 10.2. The van der Waals surface area contributed by atoms with Crippen molar-refractivity contribution in [2.24, 2.45) is 5.73 Å². The fraction of sp³-hybridized carbons (Fsp3) is 0.556. The fourth-order valence-corrected chi connectivity index (χ4v) is 1.84. The van der Waals surface area contributed by atoms with Gasteiger partial charge in [-0.1, -0.05) is 0 Å². The molecular formula is C9H14BrN3O2. The van der Waals surface area contributed by atoms with E-state index in [0.717, 1.165) is 5.69 Å². The predicted molar refractivity (Wildman–Crippen MR) is 59.6 cm³/mol. The second-order valence-electron chi connectivity index (χ2n) is 3.64. The van der Waals surface area contributed by atoms with Crippen LogP contribution in [-0.4, -0.2) is 20.9 Å². The highest BCUT2D eigenvalue weighted by atomic mass is 79.9. The van der Waals surface area contributed by atoms with Crippen LogP contribution in [-0.2, 0) is 4.79 Å². The van der Waals surface area contributed by atoms with Gasteiger partial charge in [-0.25, -0.2) is 0 Å². The summed E-state index contributed by atoms with van der Waals surface area (Å²) in [5.41, 5.74) is 6.86. The van der Waals surface area contributed by atoms with Crippen molar-refractivity contribution in [1.29, 1.82) is 0 Å². The first kappa shape index (κ1) is 12.2. The fourth-order valence-electron chi connectivity index (χ4n) is 1.33. The second-order valence-corrected chi connectivity index (χ2v) is 4.43. The van der Waals surface area contributed by atoms with E-state index in [-0.39, 0.29) is 6.04 Å². The van der Waals surface area contributed by atoms with Crippen LogP contribution in [0.4, 0.5) is 0 Å². The third-order valence-corrected chi connectivity index (χ3v) is 3.08. The molecule has 0 amide bonds. The van der Waals surface area contributed by atoms with Crippen LogP contribution >= 0.6 is 15.9 Å². The van der Waals surface area contributed by atoms with E-state index in [1.807, 2.05) is 13.8 Å². The molecule has 0 aliphatic rings. The number of hydrogen-bond acceptors (Lipinski definition) is 3. The van der Waals surface area contributed by atoms with Gasteiger partial charge in [0.15, 0.2) is 0 Å². The minimum atomic E-state index is -1.06. The summed E-state index contributed by atoms with van der Waals surface area (Å²) in [6.45, 7) is 5.66. The molecule has 0 fully saturated rings. The van der Waals surface area contributed by atoms with Crippen molar-refractivity contribution in [3.63, 3.8) is 0 Å². The minimum Gasteiger partial charge on any atom is -0.480 e. The number of nitrogens with two attached hydrogens (primary N) is 1. The first-order chi connectivity index (χ1) is 6.86. The van der Waals surface area contributed by atoms with E-state index in [1.54, 1.807) is 11.6 Å². The molecule has 1 unspecified atom stereocenters. The molecule has 0 saturated heterocycles. The number of hydrogen-bond donors (Lipinski definition) is 2. The smallest absolute Gasteiger partial charge is 0.326 e. The van der Waals surface area contributed by atoms with Gasteiger partial charge in [0.2, 0.25) is 0 Å². The third-order valence-electron chi connectivity index (χ3n) is 2.10. The summed E-state index contributed by atoms with van der Waals surface area (Å²) in [7, 11) is 0. The molecule has 0 aromatic carbocycles. The summed E-state index contributed by atoms with van der Waals surface area (Å²) in [5.74, 6) is -1.06. The maximum atomic E-state index is 10.8. The molecule has 0 aliphatic heterocycles. The Labute approximate surface area is 96.4 Å². The molecule has 1 aromatic rings. The van der Waals surface area contributed by atoms with E-state index in [9.17, 15) is 4.79 Å². The van der Waals surface area contributed by atoms with Crippen molar-refractivity contribution >= 4 is 21.9 Å². The van der Waals surface area contributed by atoms with Crippen LogP contribution in [0.5, 0.6) is 0 Å². The van der Waals surface area contributed by atoms with Gasteiger partial charge in [0.1, 0.15) is 6.04 Å². The van der Waals surface area contributed by atoms with E-state index in [1.165, 1.54) is 0 Å². The normalized spacial score (nSPS) is 13.2. The molecule has 6 heteroatoms. The van der Waals surface area contributed by atoms with Gasteiger partial charge in [0.25, 0.3) is 0 Å². The van der Waals surface area contributed by atoms with Crippen molar-refractivity contribution < 1.29 is 9.90 Å². The molecular weight excluding hydrogens is 262 g/mol. The standard InChI is InChI=1S/C9H14BrN3O2/c1-4(2)13-8(7(11)9(14)15)6(10)5(3)12-13/h4,7H,11H2,1-3H3,(H,14,15). The Hall–Kier alpha value is -0.880. The average molecular weight is 276 g/mol. The highest BCUT2D eigenvalue weighted by Gasteiger charge is 2.25. The van der Waals surface area contributed by atoms with Gasteiger partial charge in [-0.2, -0.15) is 5.10 Å². The first-order valence-corrected chi connectivity index (χ1v) is 5.38. The highest BCUT2D eigenvalue weighted by Crippen LogP contribution is 2.27. The molecule has 1 rings (SSSR count). The van der Waals surface area contributed by atoms with Gasteiger partial charge in [-0.05, 0) is 36.7 Å². The Kier molecular flexibility index (Phi) is 3.51. The molecule has 3 N–H and O–H groups in total. The Morgan fingerprint density at radius 2 is 2.13 bits per heavy atom. The van der Waals surface area contributed by atoms with E-state index >= 15 is 0 Å². The Morgan fingerprint density at radius 1 is 1.60 bits per heavy atom. The van der Waals surface area contributed by atoms with E-state index in [4.69, 9.17) is 10.8 Å². The highest BCUT2D eigenvalue weighted by molar-refractivity contribution is 9.10. The SMILES string of the molecule is Cc1nn(C(C)C)c(C(N)C(=O)O)c1Br. The van der Waals surface area contributed by atoms with Gasteiger partial charge < -0.3 is 10.8 Å². The molecule has 1 heterocycles. The van der Waals surface area contributed by atoms with E-state index in [2.05, 4.69) is 21.0 Å². The lowest BCUT2D eigenvalue weighted by Gasteiger charge is -2.14. The zero-order valence-corrected chi connectivity index (χ0v) is 10.4. The molecule has 5 nitrogen and oxygen atoms in total. The topological polar surface area (TPSA) is 81.1 Å². The summed E-state index contributed by atoms with van der Waals surface area (Å²) >= 11 is 3.31. The number of rotatable bonds is 3.